The SMILES string of the molecule is CC(C)(C)Cc1cc(-c2[c-]cccc2)ncc1[Si](C)(C)C.Cc1cnc(-c2[c-]ccc(-c3ccccc3)n2)cc1-c1ccccc1.[Ir]. The van der Waals surface area contributed by atoms with Gasteiger partial charge in [0, 0.05) is 38.2 Å². The van der Waals surface area contributed by atoms with Gasteiger partial charge in [0.2, 0.25) is 0 Å². The van der Waals surface area contributed by atoms with Gasteiger partial charge in [-0.25, -0.2) is 0 Å². The second-order valence-corrected chi connectivity index (χ2v) is 19.0. The van der Waals surface area contributed by atoms with E-state index in [2.05, 4.69) is 125 Å². The zero-order valence-electron chi connectivity index (χ0n) is 28.4. The van der Waals surface area contributed by atoms with Crippen LogP contribution >= 0.6 is 0 Å². The molecule has 0 N–H and O–H groups in total. The summed E-state index contributed by atoms with van der Waals surface area (Å²) in [7, 11) is -1.37. The number of pyridine rings is 3. The molecule has 5 heteroatoms. The molecule has 0 bridgehead atoms. The molecule has 0 aliphatic rings. The molecular formula is C42H43IrN3Si-2. The molecule has 0 spiro atoms. The van der Waals surface area contributed by atoms with Gasteiger partial charge in [-0.2, -0.15) is 12.1 Å². The smallest absolute Gasteiger partial charge is 0.0798 e. The molecule has 0 aliphatic heterocycles. The molecule has 3 nitrogen and oxygen atoms in total. The molecule has 0 atom stereocenters. The van der Waals surface area contributed by atoms with Crippen LogP contribution in [0.5, 0.6) is 0 Å². The third-order valence-electron chi connectivity index (χ3n) is 7.70. The van der Waals surface area contributed by atoms with Crippen molar-refractivity contribution >= 4 is 13.3 Å². The van der Waals surface area contributed by atoms with Crippen molar-refractivity contribution in [2.24, 2.45) is 5.41 Å². The fraction of sp³-hybridized carbons (Fsp3) is 0.214. The first-order valence-corrected chi connectivity index (χ1v) is 19.4. The number of hydrogen-bond donors (Lipinski definition) is 0. The van der Waals surface area contributed by atoms with Gasteiger partial charge in [-0.3, -0.25) is 4.98 Å². The van der Waals surface area contributed by atoms with Gasteiger partial charge >= 0.3 is 0 Å². The van der Waals surface area contributed by atoms with Crippen molar-refractivity contribution in [3.05, 3.63) is 145 Å². The zero-order valence-corrected chi connectivity index (χ0v) is 31.8. The van der Waals surface area contributed by atoms with E-state index >= 15 is 0 Å². The van der Waals surface area contributed by atoms with Crippen LogP contribution in [-0.2, 0) is 26.5 Å². The Hall–Kier alpha value is -4.02. The van der Waals surface area contributed by atoms with Gasteiger partial charge in [0.05, 0.1) is 8.07 Å². The van der Waals surface area contributed by atoms with Gasteiger partial charge in [0.1, 0.15) is 0 Å². The first-order chi connectivity index (χ1) is 22.0. The molecule has 0 saturated carbocycles. The molecule has 3 aromatic carbocycles. The zero-order chi connectivity index (χ0) is 32.7. The van der Waals surface area contributed by atoms with E-state index in [4.69, 9.17) is 9.97 Å². The Kier molecular flexibility index (Phi) is 12.0. The predicted octanol–water partition coefficient (Wildman–Crippen LogP) is 10.3. The van der Waals surface area contributed by atoms with E-state index in [-0.39, 0.29) is 25.5 Å². The fourth-order valence-corrected chi connectivity index (χ4v) is 7.04. The van der Waals surface area contributed by atoms with E-state index in [9.17, 15) is 0 Å². The summed E-state index contributed by atoms with van der Waals surface area (Å²) < 4.78 is 0. The van der Waals surface area contributed by atoms with Crippen LogP contribution in [0.15, 0.2) is 122 Å². The van der Waals surface area contributed by atoms with Crippen molar-refractivity contribution < 1.29 is 20.1 Å². The summed E-state index contributed by atoms with van der Waals surface area (Å²) >= 11 is 0. The normalized spacial score (nSPS) is 11.2. The third kappa shape index (κ3) is 9.74. The second-order valence-electron chi connectivity index (χ2n) is 13.9. The summed E-state index contributed by atoms with van der Waals surface area (Å²) in [5.74, 6) is 0. The van der Waals surface area contributed by atoms with E-state index in [0.717, 1.165) is 45.9 Å². The molecule has 1 radical (unpaired) electrons. The number of hydrogen-bond acceptors (Lipinski definition) is 3. The van der Waals surface area contributed by atoms with Crippen LogP contribution in [0.3, 0.4) is 0 Å². The Balaban J connectivity index is 0.000000212. The maximum atomic E-state index is 4.76. The maximum absolute atomic E-state index is 4.76. The summed E-state index contributed by atoms with van der Waals surface area (Å²) in [5, 5.41) is 1.48. The summed E-state index contributed by atoms with van der Waals surface area (Å²) in [6.07, 6.45) is 5.11. The Morgan fingerprint density at radius 1 is 0.660 bits per heavy atom. The monoisotopic (exact) mass is 810 g/mol. The van der Waals surface area contributed by atoms with Gasteiger partial charge in [-0.05, 0) is 63.3 Å². The van der Waals surface area contributed by atoms with Crippen molar-refractivity contribution in [1.82, 2.24) is 15.0 Å². The number of aryl methyl sites for hydroxylation is 1. The van der Waals surface area contributed by atoms with Crippen LogP contribution in [0.25, 0.3) is 45.0 Å². The second kappa shape index (κ2) is 15.7. The van der Waals surface area contributed by atoms with Crippen LogP contribution in [0.2, 0.25) is 19.6 Å². The molecule has 3 heterocycles. The molecule has 0 amide bonds. The third-order valence-corrected chi connectivity index (χ3v) is 9.76. The van der Waals surface area contributed by atoms with Gasteiger partial charge in [-0.1, -0.05) is 119 Å². The van der Waals surface area contributed by atoms with Gasteiger partial charge in [0.25, 0.3) is 0 Å². The van der Waals surface area contributed by atoms with Crippen LogP contribution in [0, 0.1) is 24.5 Å². The largest absolute Gasteiger partial charge is 0.318 e. The minimum atomic E-state index is -1.37. The summed E-state index contributed by atoms with van der Waals surface area (Å²) in [4.78, 5) is 14.0. The van der Waals surface area contributed by atoms with Crippen LogP contribution in [-0.4, -0.2) is 23.0 Å². The summed E-state index contributed by atoms with van der Waals surface area (Å²) in [6.45, 7) is 16.2. The minimum Gasteiger partial charge on any atom is -0.318 e. The van der Waals surface area contributed by atoms with Crippen molar-refractivity contribution in [3.63, 3.8) is 0 Å². The summed E-state index contributed by atoms with van der Waals surface area (Å²) in [5.41, 5.74) is 11.0. The number of rotatable bonds is 6. The average molecular weight is 810 g/mol. The molecule has 0 saturated heterocycles. The topological polar surface area (TPSA) is 38.7 Å². The molecule has 241 valence electrons. The maximum Gasteiger partial charge on any atom is 0.0798 e. The number of nitrogens with zero attached hydrogens (tertiary/aromatic N) is 3. The van der Waals surface area contributed by atoms with E-state index in [0.29, 0.717) is 0 Å². The Morgan fingerprint density at radius 2 is 1.30 bits per heavy atom. The number of benzene rings is 3. The molecule has 3 aromatic heterocycles. The van der Waals surface area contributed by atoms with E-state index in [1.54, 1.807) is 0 Å². The van der Waals surface area contributed by atoms with Gasteiger partial charge in [0.15, 0.2) is 0 Å². The standard InChI is InChI=1S/C23H17N2.C19H26NSi.Ir/c1-17-16-24-23(15-20(17)18-9-4-2-5-10-18)22-14-8-13-21(25-22)19-11-6-3-7-12-19;1-19(2,3)13-16-12-17(15-10-8-7-9-11-15)20-14-18(16)21(4,5)6;/h2-13,15-16H,1H3;7-10,12,14H,13H2,1-6H3;/q2*-1;. The quantitative estimate of drug-likeness (QED) is 0.124. The molecule has 6 aromatic rings. The summed E-state index contributed by atoms with van der Waals surface area (Å²) in [6, 6.07) is 43.4. The van der Waals surface area contributed by atoms with Crippen molar-refractivity contribution in [1.29, 1.82) is 0 Å². The van der Waals surface area contributed by atoms with E-state index in [1.165, 1.54) is 21.9 Å². The van der Waals surface area contributed by atoms with Crippen LogP contribution < -0.4 is 5.19 Å². The first-order valence-electron chi connectivity index (χ1n) is 15.9. The minimum absolute atomic E-state index is 0. The Bertz CT molecular complexity index is 1880. The van der Waals surface area contributed by atoms with E-state index in [1.807, 2.05) is 60.8 Å². The van der Waals surface area contributed by atoms with E-state index < -0.39 is 8.07 Å². The fourth-order valence-electron chi connectivity index (χ4n) is 5.46. The molecule has 6 rings (SSSR count). The van der Waals surface area contributed by atoms with Crippen molar-refractivity contribution in [2.45, 2.75) is 53.8 Å². The van der Waals surface area contributed by atoms with Crippen LogP contribution in [0.1, 0.15) is 31.9 Å². The molecule has 0 unspecified atom stereocenters. The van der Waals surface area contributed by atoms with Crippen molar-refractivity contribution in [3.8, 4) is 45.0 Å². The van der Waals surface area contributed by atoms with Gasteiger partial charge in [-0.15, -0.1) is 42.0 Å². The Labute approximate surface area is 296 Å². The van der Waals surface area contributed by atoms with Gasteiger partial charge < -0.3 is 9.97 Å². The molecule has 0 fully saturated rings. The Morgan fingerprint density at radius 3 is 1.91 bits per heavy atom. The predicted molar refractivity (Wildman–Crippen MR) is 197 cm³/mol. The number of aromatic nitrogens is 3. The molecule has 47 heavy (non-hydrogen) atoms. The van der Waals surface area contributed by atoms with Crippen molar-refractivity contribution in [2.75, 3.05) is 0 Å². The molecule has 0 aliphatic carbocycles. The first kappa shape index (κ1) is 35.8. The average Bonchev–Trinajstić information content (AvgIpc) is 3.05. The van der Waals surface area contributed by atoms with Crippen LogP contribution in [0.4, 0.5) is 0 Å². The molecular weight excluding hydrogens is 767 g/mol.